The molecule has 0 bridgehead atoms. The van der Waals surface area contributed by atoms with Gasteiger partial charge in [-0.15, -0.1) is 0 Å². The number of benzene rings is 3. The molecule has 11 nitrogen and oxygen atoms in total. The van der Waals surface area contributed by atoms with E-state index in [0.717, 1.165) is 43.6 Å². The molecule has 3 fully saturated rings. The summed E-state index contributed by atoms with van der Waals surface area (Å²) < 4.78 is 16.5. The second-order valence-electron chi connectivity index (χ2n) is 14.4. The highest BCUT2D eigenvalue weighted by Crippen LogP contribution is 2.43. The summed E-state index contributed by atoms with van der Waals surface area (Å²) in [6.45, 7) is 4.08. The van der Waals surface area contributed by atoms with Gasteiger partial charge in [-0.1, -0.05) is 59.6 Å². The summed E-state index contributed by atoms with van der Waals surface area (Å²) in [6, 6.07) is 19.0. The monoisotopic (exact) mass is 766 g/mol. The van der Waals surface area contributed by atoms with Crippen molar-refractivity contribution in [2.75, 3.05) is 67.1 Å². The number of hydrogen-bond acceptors (Lipinski definition) is 7. The number of nitrogens with one attached hydrogen (secondary N) is 1. The summed E-state index contributed by atoms with van der Waals surface area (Å²) in [5.41, 5.74) is 1.58. The first-order valence-electron chi connectivity index (χ1n) is 18.1. The Morgan fingerprint density at radius 3 is 2.15 bits per heavy atom. The summed E-state index contributed by atoms with van der Waals surface area (Å²) in [6.07, 6.45) is 4.17. The lowest BCUT2D eigenvalue weighted by Gasteiger charge is -2.45. The fourth-order valence-electron chi connectivity index (χ4n) is 8.26. The van der Waals surface area contributed by atoms with Crippen molar-refractivity contribution in [1.82, 2.24) is 20.0 Å². The number of likely N-dealkylation sites (tertiary alicyclic amines) is 3. The molecule has 2 atom stereocenters. The summed E-state index contributed by atoms with van der Waals surface area (Å²) in [5, 5.41) is 13.9. The van der Waals surface area contributed by atoms with Gasteiger partial charge in [0.2, 0.25) is 5.75 Å². The Bertz CT molecular complexity index is 1780. The fraction of sp³-hybridized carbons (Fsp3) is 0.475. The van der Waals surface area contributed by atoms with Gasteiger partial charge in [0, 0.05) is 50.2 Å². The largest absolute Gasteiger partial charge is 0.493 e. The van der Waals surface area contributed by atoms with Crippen LogP contribution in [0.1, 0.15) is 60.0 Å². The Morgan fingerprint density at radius 2 is 1.53 bits per heavy atom. The number of hydrogen-bond donors (Lipinski definition) is 2. The van der Waals surface area contributed by atoms with Crippen LogP contribution in [0.3, 0.4) is 0 Å². The number of ether oxygens (including phenoxy) is 3. The number of carbonyl (C=O) groups excluding carboxylic acids is 2. The van der Waals surface area contributed by atoms with Crippen molar-refractivity contribution >= 4 is 41.1 Å². The molecule has 3 aliphatic rings. The van der Waals surface area contributed by atoms with Crippen molar-refractivity contribution in [3.63, 3.8) is 0 Å². The van der Waals surface area contributed by atoms with Crippen LogP contribution in [0.25, 0.3) is 0 Å². The van der Waals surface area contributed by atoms with Crippen LogP contribution >= 0.6 is 23.2 Å². The first-order chi connectivity index (χ1) is 25.5. The zero-order valence-electron chi connectivity index (χ0n) is 30.5. The van der Waals surface area contributed by atoms with Crippen LogP contribution in [0, 0.1) is 5.92 Å². The van der Waals surface area contributed by atoms with Gasteiger partial charge < -0.3 is 39.3 Å². The molecule has 2 unspecified atom stereocenters. The Balaban J connectivity index is 1.19. The second kappa shape index (κ2) is 16.4. The van der Waals surface area contributed by atoms with Gasteiger partial charge in [-0.25, -0.2) is 4.79 Å². The zero-order chi connectivity index (χ0) is 37.8. The maximum absolute atomic E-state index is 14.0. The highest BCUT2D eigenvalue weighted by molar-refractivity contribution is 6.42. The molecule has 0 aromatic heterocycles. The molecule has 0 radical (unpaired) electrons. The Labute approximate surface area is 321 Å². The number of carboxylic acid groups (broad SMARTS) is 1. The number of halogens is 2. The van der Waals surface area contributed by atoms with E-state index < -0.39 is 17.4 Å². The van der Waals surface area contributed by atoms with E-state index in [9.17, 15) is 19.5 Å². The van der Waals surface area contributed by atoms with E-state index in [-0.39, 0.29) is 23.9 Å². The quantitative estimate of drug-likeness (QED) is 0.222. The van der Waals surface area contributed by atoms with Crippen LogP contribution in [0.15, 0.2) is 60.7 Å². The van der Waals surface area contributed by atoms with Crippen molar-refractivity contribution in [2.45, 2.75) is 49.5 Å². The van der Waals surface area contributed by atoms with Crippen LogP contribution in [0.5, 0.6) is 17.2 Å². The molecule has 53 heavy (non-hydrogen) atoms. The summed E-state index contributed by atoms with van der Waals surface area (Å²) in [7, 11) is 4.59. The fourth-order valence-corrected chi connectivity index (χ4v) is 8.56. The predicted octanol–water partition coefficient (Wildman–Crippen LogP) is 6.69. The topological polar surface area (TPSA) is 121 Å². The van der Waals surface area contributed by atoms with E-state index in [1.165, 1.54) is 21.3 Å². The van der Waals surface area contributed by atoms with Crippen molar-refractivity contribution < 1.29 is 33.7 Å². The van der Waals surface area contributed by atoms with Crippen molar-refractivity contribution in [3.05, 3.63) is 87.4 Å². The number of aliphatic carboxylic acids is 1. The third kappa shape index (κ3) is 8.17. The maximum Gasteiger partial charge on any atom is 0.318 e. The lowest BCUT2D eigenvalue weighted by atomic mass is 9.76. The van der Waals surface area contributed by atoms with E-state index in [1.807, 2.05) is 41.3 Å². The molecule has 3 aliphatic heterocycles. The van der Waals surface area contributed by atoms with Crippen LogP contribution in [0.4, 0.5) is 4.79 Å². The number of methoxy groups -OCH3 is 3. The Kier molecular flexibility index (Phi) is 12.0. The lowest BCUT2D eigenvalue weighted by molar-refractivity contribution is -0.143. The Hall–Kier alpha value is -4.19. The lowest BCUT2D eigenvalue weighted by Crippen LogP contribution is -2.57. The number of amides is 3. The maximum atomic E-state index is 14.0. The second-order valence-corrected chi connectivity index (χ2v) is 15.2. The van der Waals surface area contributed by atoms with Gasteiger partial charge in [0.15, 0.2) is 11.5 Å². The average molecular weight is 768 g/mol. The Morgan fingerprint density at radius 1 is 0.830 bits per heavy atom. The normalized spacial score (nSPS) is 21.6. The first kappa shape index (κ1) is 38.5. The average Bonchev–Trinajstić information content (AvgIpc) is 3.63. The molecule has 284 valence electrons. The summed E-state index contributed by atoms with van der Waals surface area (Å²) >= 11 is 12.9. The molecule has 3 saturated heterocycles. The molecular weight excluding hydrogens is 719 g/mol. The number of nitrogens with zero attached hydrogens (tertiary/aromatic N) is 3. The van der Waals surface area contributed by atoms with Gasteiger partial charge >= 0.3 is 12.0 Å². The molecule has 6 rings (SSSR count). The van der Waals surface area contributed by atoms with Gasteiger partial charge in [-0.2, -0.15) is 0 Å². The predicted molar refractivity (Wildman–Crippen MR) is 204 cm³/mol. The number of piperidine rings is 2. The number of carboxylic acids is 1. The highest BCUT2D eigenvalue weighted by atomic mass is 35.5. The minimum absolute atomic E-state index is 0.129. The molecule has 13 heteroatoms. The van der Waals surface area contributed by atoms with Crippen LogP contribution < -0.4 is 19.5 Å². The highest BCUT2D eigenvalue weighted by Gasteiger charge is 2.44. The van der Waals surface area contributed by atoms with E-state index in [2.05, 4.69) is 22.3 Å². The standard InChI is InChI=1S/C40H48Cl2N4O7/c1-51-33-22-28(23-34(52-2)35(33)53-3)36(47)46-21-14-39(26-46,30-11-12-31(41)32(42)24-30)13-18-44-19-15-40(16-20-44,29-9-5-4-6-10-29)43-38(50)45-17-7-8-27(25-45)37(48)49/h4-6,9-12,22-24,27H,7-8,13-21,25-26H2,1-3H3,(H,43,50)(H,48,49). The van der Waals surface area contributed by atoms with E-state index >= 15 is 0 Å². The van der Waals surface area contributed by atoms with Gasteiger partial charge in [0.25, 0.3) is 5.91 Å². The van der Waals surface area contributed by atoms with E-state index in [0.29, 0.717) is 78.2 Å². The van der Waals surface area contributed by atoms with Gasteiger partial charge in [0.05, 0.1) is 42.8 Å². The van der Waals surface area contributed by atoms with Crippen molar-refractivity contribution in [3.8, 4) is 17.2 Å². The first-order valence-corrected chi connectivity index (χ1v) is 18.9. The van der Waals surface area contributed by atoms with Gasteiger partial charge in [0.1, 0.15) is 0 Å². The number of urea groups is 1. The van der Waals surface area contributed by atoms with Crippen molar-refractivity contribution in [2.24, 2.45) is 5.92 Å². The van der Waals surface area contributed by atoms with Crippen LogP contribution in [-0.4, -0.2) is 105 Å². The molecule has 3 heterocycles. The van der Waals surface area contributed by atoms with Gasteiger partial charge in [-0.05, 0) is 80.5 Å². The van der Waals surface area contributed by atoms with Crippen molar-refractivity contribution in [1.29, 1.82) is 0 Å². The SMILES string of the molecule is COc1cc(C(=O)N2CCC(CCN3CCC(NC(=O)N4CCCC(C(=O)O)C4)(c4ccccc4)CC3)(c3ccc(Cl)c(Cl)c3)C2)cc(OC)c1OC. The summed E-state index contributed by atoms with van der Waals surface area (Å²) in [5.74, 6) is -0.278. The number of rotatable bonds is 11. The third-order valence-corrected chi connectivity index (χ3v) is 12.2. The molecule has 3 amide bonds. The molecule has 0 spiro atoms. The minimum Gasteiger partial charge on any atom is -0.493 e. The van der Waals surface area contributed by atoms with E-state index in [1.54, 1.807) is 17.0 Å². The van der Waals surface area contributed by atoms with E-state index in [4.69, 9.17) is 37.4 Å². The molecule has 0 aliphatic carbocycles. The minimum atomic E-state index is -0.858. The molecule has 3 aromatic rings. The van der Waals surface area contributed by atoms with Gasteiger partial charge in [-0.3, -0.25) is 9.59 Å². The molecule has 3 aromatic carbocycles. The molecule has 2 N–H and O–H groups in total. The van der Waals surface area contributed by atoms with Crippen LogP contribution in [-0.2, 0) is 15.7 Å². The number of carbonyl (C=O) groups is 3. The molecular formula is C40H48Cl2N4O7. The third-order valence-electron chi connectivity index (χ3n) is 11.4. The van der Waals surface area contributed by atoms with Crippen LogP contribution in [0.2, 0.25) is 10.0 Å². The molecule has 0 saturated carbocycles. The summed E-state index contributed by atoms with van der Waals surface area (Å²) in [4.78, 5) is 45.4. The smallest absolute Gasteiger partial charge is 0.318 e. The zero-order valence-corrected chi connectivity index (χ0v) is 32.0.